The molecule has 5 heteroatoms. The van der Waals surface area contributed by atoms with Crippen molar-refractivity contribution in [2.24, 2.45) is 0 Å². The topological polar surface area (TPSA) is 64.6 Å². The van der Waals surface area contributed by atoms with Crippen LogP contribution in [0.25, 0.3) is 0 Å². The second kappa shape index (κ2) is 7.54. The summed E-state index contributed by atoms with van der Waals surface area (Å²) in [4.78, 5) is 21.6. The molecule has 0 saturated carbocycles. The number of methoxy groups -OCH3 is 1. The molecule has 0 saturated heterocycles. The minimum atomic E-state index is -0.305. The standard InChI is InChI=1S/C8H15NO4/c1-3-13-8(11)4-5-9-7(10)6-12-2/h3-6H2,1-2H3,(H,9,10). The predicted molar refractivity (Wildman–Crippen MR) is 46.1 cm³/mol. The second-order valence-electron chi connectivity index (χ2n) is 2.34. The predicted octanol–water partition coefficient (Wildman–Crippen LogP) is -0.298. The number of nitrogens with one attached hydrogen (secondary N) is 1. The Labute approximate surface area is 77.4 Å². The van der Waals surface area contributed by atoms with Gasteiger partial charge in [0.2, 0.25) is 5.91 Å². The van der Waals surface area contributed by atoms with E-state index in [9.17, 15) is 9.59 Å². The molecular weight excluding hydrogens is 174 g/mol. The third kappa shape index (κ3) is 7.27. The molecule has 0 fully saturated rings. The molecule has 0 unspecified atom stereocenters. The number of carbonyl (C=O) groups excluding carboxylic acids is 2. The van der Waals surface area contributed by atoms with Gasteiger partial charge in [0.15, 0.2) is 0 Å². The van der Waals surface area contributed by atoms with E-state index in [1.165, 1.54) is 7.11 Å². The van der Waals surface area contributed by atoms with Crippen molar-refractivity contribution >= 4 is 11.9 Å². The first-order valence-electron chi connectivity index (χ1n) is 4.12. The summed E-state index contributed by atoms with van der Waals surface area (Å²) in [6.45, 7) is 2.41. The maximum Gasteiger partial charge on any atom is 0.307 e. The Morgan fingerprint density at radius 3 is 2.62 bits per heavy atom. The van der Waals surface area contributed by atoms with Gasteiger partial charge in [-0.05, 0) is 6.92 Å². The molecule has 0 aliphatic rings. The third-order valence-electron chi connectivity index (χ3n) is 1.23. The van der Waals surface area contributed by atoms with Crippen LogP contribution in [0.3, 0.4) is 0 Å². The van der Waals surface area contributed by atoms with Gasteiger partial charge in [-0.15, -0.1) is 0 Å². The van der Waals surface area contributed by atoms with Crippen LogP contribution < -0.4 is 5.32 Å². The van der Waals surface area contributed by atoms with Crippen molar-refractivity contribution in [3.63, 3.8) is 0 Å². The maximum absolute atomic E-state index is 10.8. The molecule has 1 N–H and O–H groups in total. The summed E-state index contributed by atoms with van der Waals surface area (Å²) in [6, 6.07) is 0. The van der Waals surface area contributed by atoms with Gasteiger partial charge in [-0.1, -0.05) is 0 Å². The molecule has 0 heterocycles. The summed E-state index contributed by atoms with van der Waals surface area (Å²) in [6.07, 6.45) is 0.198. The van der Waals surface area contributed by atoms with E-state index >= 15 is 0 Å². The van der Waals surface area contributed by atoms with E-state index < -0.39 is 0 Å². The highest BCUT2D eigenvalue weighted by Crippen LogP contribution is 1.84. The third-order valence-corrected chi connectivity index (χ3v) is 1.23. The fourth-order valence-corrected chi connectivity index (χ4v) is 0.719. The largest absolute Gasteiger partial charge is 0.466 e. The van der Waals surface area contributed by atoms with Gasteiger partial charge >= 0.3 is 5.97 Å². The Balaban J connectivity index is 3.33. The van der Waals surface area contributed by atoms with Crippen LogP contribution in [0.5, 0.6) is 0 Å². The quantitative estimate of drug-likeness (QED) is 0.583. The number of rotatable bonds is 6. The summed E-state index contributed by atoms with van der Waals surface area (Å²) < 4.78 is 9.24. The maximum atomic E-state index is 10.8. The Kier molecular flexibility index (Phi) is 6.91. The lowest BCUT2D eigenvalue weighted by molar-refractivity contribution is -0.143. The van der Waals surface area contributed by atoms with Crippen LogP contribution in [-0.2, 0) is 19.1 Å². The number of hydrogen-bond donors (Lipinski definition) is 1. The van der Waals surface area contributed by atoms with Crippen LogP contribution >= 0.6 is 0 Å². The van der Waals surface area contributed by atoms with Crippen molar-refractivity contribution in [2.45, 2.75) is 13.3 Å². The van der Waals surface area contributed by atoms with Crippen molar-refractivity contribution < 1.29 is 19.1 Å². The van der Waals surface area contributed by atoms with Gasteiger partial charge in [0.1, 0.15) is 6.61 Å². The molecule has 0 aromatic heterocycles. The molecule has 13 heavy (non-hydrogen) atoms. The summed E-state index contributed by atoms with van der Waals surface area (Å²) in [7, 11) is 1.44. The molecule has 0 radical (unpaired) electrons. The number of ether oxygens (including phenoxy) is 2. The van der Waals surface area contributed by atoms with Crippen molar-refractivity contribution in [1.29, 1.82) is 0 Å². The van der Waals surface area contributed by atoms with Crippen LogP contribution in [-0.4, -0.2) is 38.7 Å². The normalized spacial score (nSPS) is 9.38. The van der Waals surface area contributed by atoms with Crippen molar-refractivity contribution in [2.75, 3.05) is 26.9 Å². The van der Waals surface area contributed by atoms with Crippen molar-refractivity contribution in [1.82, 2.24) is 5.32 Å². The molecule has 0 aromatic carbocycles. The SMILES string of the molecule is CCOC(=O)CCNC(=O)COC. The van der Waals surface area contributed by atoms with Gasteiger partial charge in [-0.3, -0.25) is 9.59 Å². The minimum absolute atomic E-state index is 0.0167. The molecule has 0 bridgehead atoms. The van der Waals surface area contributed by atoms with Gasteiger partial charge < -0.3 is 14.8 Å². The first kappa shape index (κ1) is 11.9. The molecule has 76 valence electrons. The number of esters is 1. The van der Waals surface area contributed by atoms with Crippen LogP contribution in [0.15, 0.2) is 0 Å². The van der Waals surface area contributed by atoms with Crippen molar-refractivity contribution in [3.05, 3.63) is 0 Å². The summed E-state index contributed by atoms with van der Waals surface area (Å²) >= 11 is 0. The Bertz CT molecular complexity index is 152. The zero-order valence-corrected chi connectivity index (χ0v) is 7.96. The van der Waals surface area contributed by atoms with E-state index in [1.807, 2.05) is 0 Å². The number of hydrogen-bond acceptors (Lipinski definition) is 4. The molecular formula is C8H15NO4. The fraction of sp³-hybridized carbons (Fsp3) is 0.750. The highest BCUT2D eigenvalue weighted by atomic mass is 16.5. The summed E-state index contributed by atoms with van der Waals surface area (Å²) in [5, 5.41) is 2.51. The highest BCUT2D eigenvalue weighted by molar-refractivity contribution is 5.78. The van der Waals surface area contributed by atoms with Gasteiger partial charge in [0.05, 0.1) is 13.0 Å². The van der Waals surface area contributed by atoms with Crippen LogP contribution in [0, 0.1) is 0 Å². The van der Waals surface area contributed by atoms with Gasteiger partial charge in [0.25, 0.3) is 0 Å². The first-order chi connectivity index (χ1) is 6.20. The fourth-order valence-electron chi connectivity index (χ4n) is 0.719. The van der Waals surface area contributed by atoms with Crippen molar-refractivity contribution in [3.8, 4) is 0 Å². The molecule has 1 amide bonds. The molecule has 0 rings (SSSR count). The number of amides is 1. The monoisotopic (exact) mass is 189 g/mol. The molecule has 0 aliphatic carbocycles. The van der Waals surface area contributed by atoms with E-state index in [1.54, 1.807) is 6.92 Å². The summed E-state index contributed by atoms with van der Waals surface area (Å²) in [5.41, 5.74) is 0. The van der Waals surface area contributed by atoms with E-state index in [-0.39, 0.29) is 24.9 Å². The van der Waals surface area contributed by atoms with Gasteiger partial charge in [-0.2, -0.15) is 0 Å². The molecule has 5 nitrogen and oxygen atoms in total. The Morgan fingerprint density at radius 1 is 1.38 bits per heavy atom. The average Bonchev–Trinajstić information content (AvgIpc) is 2.05. The molecule has 0 aromatic rings. The minimum Gasteiger partial charge on any atom is -0.466 e. The van der Waals surface area contributed by atoms with Crippen LogP contribution in [0.2, 0.25) is 0 Å². The lowest BCUT2D eigenvalue weighted by Gasteiger charge is -2.03. The highest BCUT2D eigenvalue weighted by Gasteiger charge is 2.03. The van der Waals surface area contributed by atoms with Crippen LogP contribution in [0.4, 0.5) is 0 Å². The Hall–Kier alpha value is -1.10. The molecule has 0 spiro atoms. The van der Waals surface area contributed by atoms with E-state index in [0.29, 0.717) is 13.2 Å². The van der Waals surface area contributed by atoms with Crippen LogP contribution in [0.1, 0.15) is 13.3 Å². The lowest BCUT2D eigenvalue weighted by Crippen LogP contribution is -2.29. The summed E-state index contributed by atoms with van der Waals surface area (Å²) in [5.74, 6) is -0.535. The molecule has 0 atom stereocenters. The van der Waals surface area contributed by atoms with E-state index in [0.717, 1.165) is 0 Å². The molecule has 0 aliphatic heterocycles. The Morgan fingerprint density at radius 2 is 2.08 bits per heavy atom. The van der Waals surface area contributed by atoms with Gasteiger partial charge in [-0.25, -0.2) is 0 Å². The average molecular weight is 189 g/mol. The number of carbonyl (C=O) groups is 2. The smallest absolute Gasteiger partial charge is 0.307 e. The van der Waals surface area contributed by atoms with E-state index in [2.05, 4.69) is 14.8 Å². The zero-order chi connectivity index (χ0) is 10.1. The lowest BCUT2D eigenvalue weighted by atomic mass is 10.4. The van der Waals surface area contributed by atoms with Gasteiger partial charge in [0, 0.05) is 13.7 Å². The zero-order valence-electron chi connectivity index (χ0n) is 7.96. The second-order valence-corrected chi connectivity index (χ2v) is 2.34. The van der Waals surface area contributed by atoms with E-state index in [4.69, 9.17) is 0 Å². The first-order valence-corrected chi connectivity index (χ1v) is 4.12.